The predicted octanol–water partition coefficient (Wildman–Crippen LogP) is 4.05. The number of quaternary nitrogens is 1. The zero-order valence-corrected chi connectivity index (χ0v) is 32.6. The van der Waals surface area contributed by atoms with Crippen LogP contribution in [-0.4, -0.2) is 49.0 Å². The van der Waals surface area contributed by atoms with Crippen LogP contribution in [-0.2, 0) is 13.1 Å². The maximum absolute atomic E-state index is 14.7. The van der Waals surface area contributed by atoms with E-state index >= 15 is 0 Å². The molecule has 2 aliphatic rings. The number of fused-ring (bicyclic) bond motifs is 4. The number of ether oxygens (including phenoxy) is 1. The van der Waals surface area contributed by atoms with E-state index in [2.05, 4.69) is 9.97 Å². The quantitative estimate of drug-likeness (QED) is 0.169. The number of benzene rings is 3. The smallest absolute Gasteiger partial charge is 0.259 e. The summed E-state index contributed by atoms with van der Waals surface area (Å²) >= 11 is 11.1. The van der Waals surface area contributed by atoms with E-state index in [4.69, 9.17) is 29.2 Å². The normalized spacial score (nSPS) is 17.9. The van der Waals surface area contributed by atoms with E-state index < -0.39 is 28.8 Å². The van der Waals surface area contributed by atoms with Gasteiger partial charge in [0.15, 0.2) is 9.54 Å². The second-order valence-electron chi connectivity index (χ2n) is 14.9. The summed E-state index contributed by atoms with van der Waals surface area (Å²) in [7, 11) is 1.58. The second kappa shape index (κ2) is 14.7. The summed E-state index contributed by atoms with van der Waals surface area (Å²) in [5, 5.41) is 26.9. The van der Waals surface area contributed by atoms with Crippen LogP contribution in [0.4, 0.5) is 0 Å². The molecule has 12 nitrogen and oxygen atoms in total. The third-order valence-corrected chi connectivity index (χ3v) is 11.7. The Bertz CT molecular complexity index is 2680. The van der Waals surface area contributed by atoms with Crippen LogP contribution in [0.25, 0.3) is 11.4 Å². The first-order chi connectivity index (χ1) is 26.9. The lowest BCUT2D eigenvalue weighted by Gasteiger charge is -2.40. The van der Waals surface area contributed by atoms with Crippen LogP contribution in [0, 0.1) is 29.3 Å². The first-order valence-corrected chi connectivity index (χ1v) is 19.2. The molecule has 3 aromatic heterocycles. The van der Waals surface area contributed by atoms with E-state index in [1.807, 2.05) is 60.9 Å². The van der Waals surface area contributed by atoms with Crippen molar-refractivity contribution >= 4 is 24.4 Å². The molecule has 0 radical (unpaired) electrons. The number of pyridine rings is 1. The van der Waals surface area contributed by atoms with Gasteiger partial charge in [-0.15, -0.1) is 0 Å². The fourth-order valence-electron chi connectivity index (χ4n) is 8.57. The van der Waals surface area contributed by atoms with Crippen molar-refractivity contribution in [1.82, 2.24) is 23.7 Å². The minimum atomic E-state index is -1.38. The predicted molar refractivity (Wildman–Crippen MR) is 215 cm³/mol. The number of methoxy groups -OCH3 is 1. The zero-order chi connectivity index (χ0) is 39.4. The van der Waals surface area contributed by atoms with Crippen LogP contribution >= 0.6 is 24.4 Å². The Morgan fingerprint density at radius 1 is 0.857 bits per heavy atom. The Morgan fingerprint density at radius 3 is 2.14 bits per heavy atom. The SMILES string of the molecule is COc1ccc(C(c2c([O-])n(-c3ccc(C)cc3)c(=S)[nH]c2=O)c2c(O)n(-c3ccc(C)cc3)c(=S)[nH]c2=O)cc1C[NH+]1C[C@@H]2C[C@H](C1)c1cccc(=O)n1C2. The molecule has 8 rings (SSSR count). The number of hydrogen-bond donors (Lipinski definition) is 4. The molecule has 0 amide bonds. The van der Waals surface area contributed by atoms with Crippen LogP contribution in [0.15, 0.2) is 99.3 Å². The van der Waals surface area contributed by atoms with Gasteiger partial charge in [0.2, 0.25) is 5.88 Å². The topological polar surface area (TPSA) is 155 Å². The largest absolute Gasteiger partial charge is 0.859 e. The van der Waals surface area contributed by atoms with Gasteiger partial charge < -0.3 is 29.0 Å². The third kappa shape index (κ3) is 6.63. The van der Waals surface area contributed by atoms with E-state index in [-0.39, 0.29) is 32.1 Å². The average Bonchev–Trinajstić information content (AvgIpc) is 3.16. The standard InChI is InChI=1S/C42H40N6O6S2/c1-23-7-12-29(13-8-23)47-39(52)35(37(50)43-41(47)55)34(36-38(51)44-42(56)48(40(36)53)30-14-9-24(2)10-15-30)26-11-16-32(54-3)28(18-26)22-45-19-25-17-27(21-45)31-5-4-6-33(49)46(31)20-25/h4-16,18,25,27,34,52-53H,17,19-22H2,1-3H3,(H,43,50,55)(H,44,51,56)/t25-,27+/m0/s1. The van der Waals surface area contributed by atoms with Gasteiger partial charge in [0, 0.05) is 47.0 Å². The number of aromatic nitrogens is 5. The molecule has 286 valence electrons. The number of rotatable bonds is 8. The molecule has 2 unspecified atom stereocenters. The molecular formula is C42H40N6O6S2. The molecule has 1 saturated heterocycles. The molecule has 4 N–H and O–H groups in total. The van der Waals surface area contributed by atoms with Crippen molar-refractivity contribution in [2.24, 2.45) is 5.92 Å². The highest BCUT2D eigenvalue weighted by atomic mass is 32.1. The number of H-pyrrole nitrogens is 2. The van der Waals surface area contributed by atoms with Crippen LogP contribution in [0.5, 0.6) is 17.5 Å². The van der Waals surface area contributed by atoms with Gasteiger partial charge >= 0.3 is 0 Å². The molecular weight excluding hydrogens is 749 g/mol. The first kappa shape index (κ1) is 37.1. The molecule has 4 atom stereocenters. The van der Waals surface area contributed by atoms with Crippen LogP contribution in [0.3, 0.4) is 0 Å². The van der Waals surface area contributed by atoms with E-state index in [9.17, 15) is 24.6 Å². The van der Waals surface area contributed by atoms with Gasteiger partial charge in [0.1, 0.15) is 12.3 Å². The fourth-order valence-corrected chi connectivity index (χ4v) is 9.14. The molecule has 0 saturated carbocycles. The summed E-state index contributed by atoms with van der Waals surface area (Å²) in [6.07, 6.45) is 1.00. The Kier molecular flexibility index (Phi) is 9.73. The number of hydrogen-bond acceptors (Lipinski definition) is 8. The van der Waals surface area contributed by atoms with Crippen molar-refractivity contribution in [3.8, 4) is 28.9 Å². The van der Waals surface area contributed by atoms with Crippen molar-refractivity contribution in [2.45, 2.75) is 45.2 Å². The Morgan fingerprint density at radius 2 is 1.48 bits per heavy atom. The molecule has 0 spiro atoms. The van der Waals surface area contributed by atoms with Crippen molar-refractivity contribution in [2.75, 3.05) is 20.2 Å². The summed E-state index contributed by atoms with van der Waals surface area (Å²) in [6, 6.07) is 25.0. The van der Waals surface area contributed by atoms with Gasteiger partial charge in [-0.25, -0.2) is 0 Å². The molecule has 1 fully saturated rings. The minimum Gasteiger partial charge on any atom is -0.859 e. The van der Waals surface area contributed by atoms with Crippen molar-refractivity contribution in [1.29, 1.82) is 0 Å². The van der Waals surface area contributed by atoms with Crippen molar-refractivity contribution in [3.05, 3.63) is 165 Å². The van der Waals surface area contributed by atoms with Gasteiger partial charge in [-0.3, -0.25) is 28.9 Å². The molecule has 5 heterocycles. The third-order valence-electron chi connectivity index (χ3n) is 11.1. The van der Waals surface area contributed by atoms with Gasteiger partial charge in [-0.1, -0.05) is 47.5 Å². The van der Waals surface area contributed by atoms with E-state index in [1.54, 1.807) is 49.6 Å². The van der Waals surface area contributed by atoms with Crippen LogP contribution < -0.4 is 31.4 Å². The van der Waals surface area contributed by atoms with Gasteiger partial charge in [0.25, 0.3) is 16.7 Å². The molecule has 14 heteroatoms. The molecule has 2 aliphatic heterocycles. The van der Waals surface area contributed by atoms with Crippen LogP contribution in [0.2, 0.25) is 0 Å². The Labute approximate surface area is 331 Å². The summed E-state index contributed by atoms with van der Waals surface area (Å²) < 4.78 is 10.1. The first-order valence-electron chi connectivity index (χ1n) is 18.4. The molecule has 3 aromatic carbocycles. The lowest BCUT2D eigenvalue weighted by Crippen LogP contribution is -3.13. The number of aryl methyl sites for hydroxylation is 2. The number of aromatic hydroxyl groups is 1. The number of likely N-dealkylation sites (tertiary alicyclic amines) is 1. The molecule has 6 aromatic rings. The highest BCUT2D eigenvalue weighted by Crippen LogP contribution is 2.39. The minimum absolute atomic E-state index is 0.0209. The van der Waals surface area contributed by atoms with E-state index in [0.29, 0.717) is 41.7 Å². The lowest BCUT2D eigenvalue weighted by atomic mass is 9.82. The van der Waals surface area contributed by atoms with Gasteiger partial charge in [-0.2, -0.15) is 0 Å². The summed E-state index contributed by atoms with van der Waals surface area (Å²) in [5.41, 5.74) is 2.97. The van der Waals surface area contributed by atoms with Crippen molar-refractivity contribution in [3.63, 3.8) is 0 Å². The van der Waals surface area contributed by atoms with Gasteiger partial charge in [-0.05, 0) is 98.6 Å². The average molecular weight is 789 g/mol. The summed E-state index contributed by atoms with van der Waals surface area (Å²) in [4.78, 5) is 47.6. The second-order valence-corrected chi connectivity index (χ2v) is 15.6. The molecule has 2 bridgehead atoms. The molecule has 56 heavy (non-hydrogen) atoms. The van der Waals surface area contributed by atoms with E-state index in [1.165, 1.54) is 14.0 Å². The summed E-state index contributed by atoms with van der Waals surface area (Å²) in [5.74, 6) is -1.54. The van der Waals surface area contributed by atoms with Crippen LogP contribution in [0.1, 0.15) is 57.3 Å². The highest BCUT2D eigenvalue weighted by Gasteiger charge is 2.38. The van der Waals surface area contributed by atoms with Gasteiger partial charge in [0.05, 0.1) is 37.4 Å². The number of aromatic amines is 2. The maximum atomic E-state index is 14.7. The summed E-state index contributed by atoms with van der Waals surface area (Å²) in [6.45, 7) is 6.63. The van der Waals surface area contributed by atoms with Crippen molar-refractivity contribution < 1.29 is 19.8 Å². The number of nitrogens with one attached hydrogen (secondary N) is 3. The lowest BCUT2D eigenvalue weighted by molar-refractivity contribution is -0.924. The maximum Gasteiger partial charge on any atom is 0.259 e. The number of piperidine rings is 1. The Balaban J connectivity index is 1.32. The fraction of sp³-hybridized carbons (Fsp3) is 0.262. The molecule has 0 aliphatic carbocycles. The highest BCUT2D eigenvalue weighted by molar-refractivity contribution is 7.71. The van der Waals surface area contributed by atoms with E-state index in [0.717, 1.165) is 41.9 Å². The zero-order valence-electron chi connectivity index (χ0n) is 31.0. The Hall–Kier alpha value is -5.83. The number of nitrogens with zero attached hydrogens (tertiary/aromatic N) is 3. The monoisotopic (exact) mass is 788 g/mol.